The van der Waals surface area contributed by atoms with Crippen LogP contribution in [0.25, 0.3) is 0 Å². The maximum absolute atomic E-state index is 13.9. The van der Waals surface area contributed by atoms with Crippen molar-refractivity contribution in [2.45, 2.75) is 55.1 Å². The van der Waals surface area contributed by atoms with Crippen LogP contribution < -0.4 is 20.9 Å². The minimum absolute atomic E-state index is 0.0837. The Hall–Kier alpha value is -2.41. The number of esters is 1. The van der Waals surface area contributed by atoms with Crippen LogP contribution in [-0.2, 0) is 23.4 Å². The molecule has 1 aliphatic heterocycles. The molecule has 0 bridgehead atoms. The Morgan fingerprint density at radius 1 is 1.33 bits per heavy atom. The van der Waals surface area contributed by atoms with E-state index in [1.54, 1.807) is 25.1 Å². The fraction of sp³-hybridized carbons (Fsp3) is 0.476. The van der Waals surface area contributed by atoms with E-state index in [2.05, 4.69) is 5.09 Å². The maximum Gasteiger partial charge on any atom is 0.460 e. The summed E-state index contributed by atoms with van der Waals surface area (Å²) in [5, 5.41) is 13.8. The fourth-order valence-corrected chi connectivity index (χ4v) is 6.17. The van der Waals surface area contributed by atoms with Gasteiger partial charge in [0.2, 0.25) is 0 Å². The molecule has 1 aromatic heterocycles. The molecular formula is C21H24BClN3O9P. The Kier molecular flexibility index (Phi) is 6.78. The number of aromatic nitrogens is 2. The summed E-state index contributed by atoms with van der Waals surface area (Å²) in [6.07, 6.45) is -2.86. The average Bonchev–Trinajstić information content (AvgIpc) is 3.27. The number of hydrogen-bond donors (Lipinski definition) is 3. The van der Waals surface area contributed by atoms with E-state index in [0.29, 0.717) is 0 Å². The molecule has 4 rings (SSSR count). The number of H-pyrrole nitrogens is 1. The minimum atomic E-state index is -4.42. The molecule has 2 aromatic rings. The Morgan fingerprint density at radius 3 is 2.56 bits per heavy atom. The molecule has 2 fully saturated rings. The number of ether oxygens (including phenoxy) is 2. The molecule has 2 radical (unpaired) electrons. The Bertz CT molecular complexity index is 1320. The maximum atomic E-state index is 13.9. The number of benzene rings is 1. The predicted molar refractivity (Wildman–Crippen MR) is 128 cm³/mol. The number of nitrogens with zero attached hydrogens (tertiary/aromatic N) is 1. The summed E-state index contributed by atoms with van der Waals surface area (Å²) in [7, 11) is 1.78. The molecule has 6 atom stereocenters. The van der Waals surface area contributed by atoms with Crippen molar-refractivity contribution in [3.05, 3.63) is 63.4 Å². The number of hydrogen-bond acceptors (Lipinski definition) is 9. The molecule has 2 aliphatic rings. The topological polar surface area (TPSA) is 158 Å². The van der Waals surface area contributed by atoms with E-state index in [-0.39, 0.29) is 12.4 Å². The van der Waals surface area contributed by atoms with Crippen molar-refractivity contribution in [2.24, 2.45) is 0 Å². The molecule has 1 saturated heterocycles. The highest BCUT2D eigenvalue weighted by Crippen LogP contribution is 2.66. The number of halogens is 1. The van der Waals surface area contributed by atoms with Crippen molar-refractivity contribution >= 4 is 33.2 Å². The summed E-state index contributed by atoms with van der Waals surface area (Å²) < 4.78 is 34.7. The first-order chi connectivity index (χ1) is 16.7. The summed E-state index contributed by atoms with van der Waals surface area (Å²) in [6, 6.07) is 9.07. The molecule has 0 spiro atoms. The van der Waals surface area contributed by atoms with Gasteiger partial charge >= 0.3 is 19.4 Å². The zero-order valence-corrected chi connectivity index (χ0v) is 21.2. The van der Waals surface area contributed by atoms with Crippen molar-refractivity contribution in [3.63, 3.8) is 0 Å². The second kappa shape index (κ2) is 9.16. The summed E-state index contributed by atoms with van der Waals surface area (Å²) in [6.45, 7) is 4.54. The Labute approximate surface area is 211 Å². The highest BCUT2D eigenvalue weighted by atomic mass is 35.5. The van der Waals surface area contributed by atoms with Crippen LogP contribution in [0.5, 0.6) is 5.75 Å². The zero-order chi connectivity index (χ0) is 26.5. The zero-order valence-electron chi connectivity index (χ0n) is 19.5. The lowest BCUT2D eigenvalue weighted by Crippen LogP contribution is -2.50. The van der Waals surface area contributed by atoms with Crippen LogP contribution in [-0.4, -0.2) is 63.2 Å². The third-order valence-electron chi connectivity index (χ3n) is 5.81. The van der Waals surface area contributed by atoms with Crippen molar-refractivity contribution in [1.82, 2.24) is 14.6 Å². The lowest BCUT2D eigenvalue weighted by atomic mass is 9.78. The minimum Gasteiger partial charge on any atom is -0.465 e. The number of aromatic amines is 1. The van der Waals surface area contributed by atoms with E-state index in [1.165, 1.54) is 26.0 Å². The van der Waals surface area contributed by atoms with E-state index in [0.717, 1.165) is 16.8 Å². The van der Waals surface area contributed by atoms with E-state index in [4.69, 9.17) is 38.0 Å². The molecule has 0 amide bonds. The van der Waals surface area contributed by atoms with Gasteiger partial charge < -0.3 is 19.1 Å². The molecular weight excluding hydrogens is 515 g/mol. The Balaban J connectivity index is 1.61. The number of rotatable bonds is 9. The van der Waals surface area contributed by atoms with Gasteiger partial charge in [-0.05, 0) is 32.9 Å². The molecule has 1 aromatic carbocycles. The number of carbonyl (C=O) groups excluding carboxylic acids is 1. The molecule has 1 saturated carbocycles. The molecule has 36 heavy (non-hydrogen) atoms. The quantitative estimate of drug-likeness (QED) is 0.180. The Morgan fingerprint density at radius 2 is 2.00 bits per heavy atom. The lowest BCUT2D eigenvalue weighted by molar-refractivity contribution is -0.149. The van der Waals surface area contributed by atoms with Crippen LogP contribution in [0.3, 0.4) is 0 Å². The molecule has 1 aliphatic carbocycles. The van der Waals surface area contributed by atoms with Gasteiger partial charge in [-0.2, -0.15) is 5.09 Å². The second-order valence-electron chi connectivity index (χ2n) is 8.90. The first-order valence-electron chi connectivity index (χ1n) is 10.9. The molecule has 3 N–H and O–H groups in total. The summed E-state index contributed by atoms with van der Waals surface area (Å²) >= 11 is 6.47. The van der Waals surface area contributed by atoms with Gasteiger partial charge in [-0.25, -0.2) is 9.36 Å². The van der Waals surface area contributed by atoms with Crippen LogP contribution >= 0.6 is 19.3 Å². The van der Waals surface area contributed by atoms with Crippen molar-refractivity contribution < 1.29 is 33.0 Å². The third kappa shape index (κ3) is 4.55. The smallest absolute Gasteiger partial charge is 0.460 e. The highest BCUT2D eigenvalue weighted by molar-refractivity contribution is 7.52. The predicted octanol–water partition coefficient (Wildman–Crippen LogP) is 0.786. The van der Waals surface area contributed by atoms with Crippen LogP contribution in [0.15, 0.2) is 52.2 Å². The van der Waals surface area contributed by atoms with Gasteiger partial charge in [-0.3, -0.25) is 23.7 Å². The van der Waals surface area contributed by atoms with Crippen molar-refractivity contribution in [2.75, 3.05) is 6.61 Å². The largest absolute Gasteiger partial charge is 0.465 e. The van der Waals surface area contributed by atoms with Gasteiger partial charge in [0.1, 0.15) is 36.9 Å². The number of aliphatic hydroxyl groups is 1. The first kappa shape index (κ1) is 26.7. The van der Waals surface area contributed by atoms with Gasteiger partial charge in [0, 0.05) is 12.3 Å². The normalized spacial score (nSPS) is 30.8. The van der Waals surface area contributed by atoms with E-state index in [1.807, 2.05) is 4.98 Å². The molecule has 2 unspecified atom stereocenters. The van der Waals surface area contributed by atoms with Crippen LogP contribution in [0.1, 0.15) is 27.0 Å². The van der Waals surface area contributed by atoms with Gasteiger partial charge in [-0.1, -0.05) is 18.2 Å². The molecule has 12 nitrogen and oxygen atoms in total. The van der Waals surface area contributed by atoms with Gasteiger partial charge in [0.15, 0.2) is 6.23 Å². The summed E-state index contributed by atoms with van der Waals surface area (Å²) in [5.41, 5.74) is -5.15. The van der Waals surface area contributed by atoms with E-state index < -0.39 is 59.3 Å². The SMILES string of the molecule is [B][C@@]1(Cl)[C@H](n2ccc(=O)[nH]c2=O)O[C@@H]2C(OP(=O)(NC(C)(C)C(=O)OCC)Oc3ccccc3)[C@@]21O. The number of nitrogens with one attached hydrogen (secondary N) is 2. The van der Waals surface area contributed by atoms with Crippen molar-refractivity contribution in [1.29, 1.82) is 0 Å². The van der Waals surface area contributed by atoms with Crippen molar-refractivity contribution in [3.8, 4) is 5.75 Å². The number of para-hydroxylation sites is 1. The highest BCUT2D eigenvalue weighted by Gasteiger charge is 2.83. The monoisotopic (exact) mass is 539 g/mol. The van der Waals surface area contributed by atoms with Crippen LogP contribution in [0.2, 0.25) is 0 Å². The van der Waals surface area contributed by atoms with Crippen LogP contribution in [0.4, 0.5) is 0 Å². The molecule has 15 heteroatoms. The summed E-state index contributed by atoms with van der Waals surface area (Å²) in [4.78, 5) is 38.1. The first-order valence-corrected chi connectivity index (χ1v) is 12.8. The third-order valence-corrected chi connectivity index (χ3v) is 8.09. The molecule has 192 valence electrons. The fourth-order valence-electron chi connectivity index (χ4n) is 3.92. The van der Waals surface area contributed by atoms with E-state index in [9.17, 15) is 24.1 Å². The number of fused-ring (bicyclic) bond motifs is 1. The van der Waals surface area contributed by atoms with Crippen LogP contribution in [0, 0.1) is 0 Å². The average molecular weight is 540 g/mol. The summed E-state index contributed by atoms with van der Waals surface area (Å²) in [5.74, 6) is -0.575. The second-order valence-corrected chi connectivity index (χ2v) is 11.1. The standard InChI is InChI=1S/C21H24BClN3O9P/c1-4-32-17(28)19(2,3)25-36(31,34-12-8-6-5-7-9-12)35-15-14-20(15,30)21(22,23)16(33-14)26-11-10-13(27)24-18(26)29/h5-11,14-16,30H,4H2,1-3H3,(H,25,31)(H,24,27,29)/t14-,15?,16-,20+,21-,36?/m1/s1. The van der Waals surface area contributed by atoms with E-state index >= 15 is 0 Å². The lowest BCUT2D eigenvalue weighted by Gasteiger charge is -2.34. The van der Waals surface area contributed by atoms with Gasteiger partial charge in [-0.15, -0.1) is 11.6 Å². The number of carbonyl (C=O) groups is 1. The van der Waals surface area contributed by atoms with Gasteiger partial charge in [0.25, 0.3) is 5.56 Å². The molecule has 2 heterocycles. The number of alkyl halides is 1. The van der Waals surface area contributed by atoms with Gasteiger partial charge in [0.05, 0.1) is 11.4 Å².